The molecule has 20 heavy (non-hydrogen) atoms. The molecular formula is C13H17NO5S. The number of sulfonamides is 1. The number of esters is 1. The Labute approximate surface area is 118 Å². The molecule has 1 aromatic carbocycles. The van der Waals surface area contributed by atoms with Gasteiger partial charge < -0.3 is 9.47 Å². The number of primary sulfonamides is 1. The summed E-state index contributed by atoms with van der Waals surface area (Å²) in [6.45, 7) is 5.62. The van der Waals surface area contributed by atoms with Gasteiger partial charge in [0.05, 0.1) is 18.1 Å². The first-order chi connectivity index (χ1) is 9.30. The van der Waals surface area contributed by atoms with E-state index in [2.05, 4.69) is 6.58 Å². The number of rotatable bonds is 7. The molecular weight excluding hydrogens is 282 g/mol. The maximum atomic E-state index is 11.1. The Morgan fingerprint density at radius 1 is 1.25 bits per heavy atom. The molecule has 6 nitrogen and oxygen atoms in total. The molecule has 0 unspecified atom stereocenters. The van der Waals surface area contributed by atoms with Crippen molar-refractivity contribution in [3.05, 3.63) is 36.4 Å². The molecule has 0 aromatic heterocycles. The summed E-state index contributed by atoms with van der Waals surface area (Å²) in [4.78, 5) is 11.1. The normalized spacial score (nSPS) is 10.9. The molecule has 0 aliphatic heterocycles. The van der Waals surface area contributed by atoms with Gasteiger partial charge >= 0.3 is 5.97 Å². The summed E-state index contributed by atoms with van der Waals surface area (Å²) in [7, 11) is -3.69. The first-order valence-corrected chi connectivity index (χ1v) is 7.43. The van der Waals surface area contributed by atoms with Crippen molar-refractivity contribution in [1.82, 2.24) is 0 Å². The van der Waals surface area contributed by atoms with Crippen LogP contribution in [-0.4, -0.2) is 27.6 Å². The fraction of sp³-hybridized carbons (Fsp3) is 0.308. The van der Waals surface area contributed by atoms with Crippen molar-refractivity contribution in [1.29, 1.82) is 0 Å². The van der Waals surface area contributed by atoms with Crippen LogP contribution in [0.2, 0.25) is 0 Å². The van der Waals surface area contributed by atoms with E-state index in [4.69, 9.17) is 14.6 Å². The van der Waals surface area contributed by atoms with Crippen molar-refractivity contribution in [2.75, 3.05) is 13.2 Å². The quantitative estimate of drug-likeness (QED) is 0.464. The van der Waals surface area contributed by atoms with Gasteiger partial charge in [-0.25, -0.2) is 18.4 Å². The van der Waals surface area contributed by atoms with Crippen LogP contribution in [0.3, 0.4) is 0 Å². The van der Waals surface area contributed by atoms with Crippen LogP contribution < -0.4 is 9.88 Å². The molecule has 0 aliphatic carbocycles. The van der Waals surface area contributed by atoms with E-state index in [1.165, 1.54) is 24.3 Å². The number of carbonyl (C=O) groups is 1. The van der Waals surface area contributed by atoms with E-state index >= 15 is 0 Å². The summed E-state index contributed by atoms with van der Waals surface area (Å²) in [5, 5.41) is 4.98. The van der Waals surface area contributed by atoms with E-state index in [1.807, 2.05) is 0 Å². The minimum atomic E-state index is -3.69. The highest BCUT2D eigenvalue weighted by Gasteiger charge is 2.07. The SMILES string of the molecule is C=C(C)C(=O)OCCCOc1ccc(S(N)(=O)=O)cc1. The predicted molar refractivity (Wildman–Crippen MR) is 73.7 cm³/mol. The lowest BCUT2D eigenvalue weighted by molar-refractivity contribution is -0.139. The van der Waals surface area contributed by atoms with Crippen molar-refractivity contribution in [2.45, 2.75) is 18.2 Å². The van der Waals surface area contributed by atoms with E-state index in [-0.39, 0.29) is 11.5 Å². The zero-order chi connectivity index (χ0) is 15.2. The van der Waals surface area contributed by atoms with Crippen LogP contribution in [0.25, 0.3) is 0 Å². The molecule has 0 spiro atoms. The standard InChI is InChI=1S/C13H17NO5S/c1-10(2)13(15)19-9-3-8-18-11-4-6-12(7-5-11)20(14,16)17/h4-7H,1,3,8-9H2,2H3,(H2,14,16,17). The molecule has 0 fully saturated rings. The van der Waals surface area contributed by atoms with Crippen molar-refractivity contribution >= 4 is 16.0 Å². The number of carbonyl (C=O) groups excluding carboxylic acids is 1. The first-order valence-electron chi connectivity index (χ1n) is 5.89. The van der Waals surface area contributed by atoms with Crippen LogP contribution >= 0.6 is 0 Å². The van der Waals surface area contributed by atoms with Crippen molar-refractivity contribution in [3.8, 4) is 5.75 Å². The number of hydrogen-bond acceptors (Lipinski definition) is 5. The summed E-state index contributed by atoms with van der Waals surface area (Å²) in [6, 6.07) is 5.76. The van der Waals surface area contributed by atoms with Gasteiger partial charge in [0, 0.05) is 12.0 Å². The molecule has 0 amide bonds. The third-order valence-corrected chi connectivity index (χ3v) is 3.22. The lowest BCUT2D eigenvalue weighted by Gasteiger charge is -2.07. The highest BCUT2D eigenvalue weighted by atomic mass is 32.2. The van der Waals surface area contributed by atoms with Gasteiger partial charge in [-0.2, -0.15) is 0 Å². The first kappa shape index (κ1) is 16.2. The van der Waals surface area contributed by atoms with Crippen LogP contribution in [0, 0.1) is 0 Å². The van der Waals surface area contributed by atoms with E-state index in [0.29, 0.717) is 24.4 Å². The predicted octanol–water partition coefficient (Wildman–Crippen LogP) is 1.22. The minimum Gasteiger partial charge on any atom is -0.493 e. The van der Waals surface area contributed by atoms with Gasteiger partial charge in [-0.05, 0) is 31.2 Å². The molecule has 0 saturated heterocycles. The number of nitrogens with two attached hydrogens (primary N) is 1. The van der Waals surface area contributed by atoms with Gasteiger partial charge in [-0.15, -0.1) is 0 Å². The summed E-state index contributed by atoms with van der Waals surface area (Å²) in [5.41, 5.74) is 0.351. The van der Waals surface area contributed by atoms with Gasteiger partial charge in [0.1, 0.15) is 5.75 Å². The van der Waals surface area contributed by atoms with E-state index in [1.54, 1.807) is 6.92 Å². The Morgan fingerprint density at radius 2 is 1.85 bits per heavy atom. The molecule has 0 atom stereocenters. The summed E-state index contributed by atoms with van der Waals surface area (Å²) >= 11 is 0. The van der Waals surface area contributed by atoms with Crippen molar-refractivity contribution in [2.24, 2.45) is 5.14 Å². The van der Waals surface area contributed by atoms with Gasteiger partial charge in [-0.3, -0.25) is 0 Å². The van der Waals surface area contributed by atoms with Crippen molar-refractivity contribution < 1.29 is 22.7 Å². The fourth-order valence-corrected chi connectivity index (χ4v) is 1.78. The molecule has 1 rings (SSSR count). The number of hydrogen-bond donors (Lipinski definition) is 1. The molecule has 0 heterocycles. The summed E-state index contributed by atoms with van der Waals surface area (Å²) in [6.07, 6.45) is 0.524. The maximum Gasteiger partial charge on any atom is 0.333 e. The van der Waals surface area contributed by atoms with E-state index < -0.39 is 16.0 Å². The topological polar surface area (TPSA) is 95.7 Å². The Balaban J connectivity index is 2.33. The van der Waals surface area contributed by atoms with E-state index in [9.17, 15) is 13.2 Å². The Bertz CT molecular complexity index is 577. The third-order valence-electron chi connectivity index (χ3n) is 2.29. The van der Waals surface area contributed by atoms with Crippen molar-refractivity contribution in [3.63, 3.8) is 0 Å². The lowest BCUT2D eigenvalue weighted by Crippen LogP contribution is -2.12. The monoisotopic (exact) mass is 299 g/mol. The smallest absolute Gasteiger partial charge is 0.333 e. The fourth-order valence-electron chi connectivity index (χ4n) is 1.26. The number of benzene rings is 1. The number of ether oxygens (including phenoxy) is 2. The molecule has 0 saturated carbocycles. The molecule has 2 N–H and O–H groups in total. The van der Waals surface area contributed by atoms with E-state index in [0.717, 1.165) is 0 Å². The van der Waals surface area contributed by atoms with Gasteiger partial charge in [0.25, 0.3) is 0 Å². The van der Waals surface area contributed by atoms with Crippen LogP contribution in [0.15, 0.2) is 41.3 Å². The Morgan fingerprint density at radius 3 is 2.35 bits per heavy atom. The maximum absolute atomic E-state index is 11.1. The van der Waals surface area contributed by atoms with Crippen LogP contribution in [0.1, 0.15) is 13.3 Å². The molecule has 0 aliphatic rings. The molecule has 7 heteroatoms. The van der Waals surface area contributed by atoms with Crippen LogP contribution in [-0.2, 0) is 19.6 Å². The lowest BCUT2D eigenvalue weighted by atomic mass is 10.3. The van der Waals surface area contributed by atoms with Crippen LogP contribution in [0.5, 0.6) is 5.75 Å². The Kier molecular flexibility index (Phi) is 5.72. The molecule has 110 valence electrons. The molecule has 0 radical (unpaired) electrons. The Hall–Kier alpha value is -1.86. The zero-order valence-electron chi connectivity index (χ0n) is 11.2. The highest BCUT2D eigenvalue weighted by molar-refractivity contribution is 7.89. The van der Waals surface area contributed by atoms with Gasteiger partial charge in [0.2, 0.25) is 10.0 Å². The third kappa shape index (κ3) is 5.41. The second-order valence-electron chi connectivity index (χ2n) is 4.13. The second-order valence-corrected chi connectivity index (χ2v) is 5.70. The van der Waals surface area contributed by atoms with Gasteiger partial charge in [0.15, 0.2) is 0 Å². The average Bonchev–Trinajstić information content (AvgIpc) is 2.37. The second kappa shape index (κ2) is 7.06. The highest BCUT2D eigenvalue weighted by Crippen LogP contribution is 2.14. The summed E-state index contributed by atoms with van der Waals surface area (Å²) in [5.74, 6) is 0.0890. The summed E-state index contributed by atoms with van der Waals surface area (Å²) < 4.78 is 32.3. The van der Waals surface area contributed by atoms with Gasteiger partial charge in [-0.1, -0.05) is 6.58 Å². The zero-order valence-corrected chi connectivity index (χ0v) is 12.0. The molecule has 1 aromatic rings. The molecule has 0 bridgehead atoms. The van der Waals surface area contributed by atoms with Crippen LogP contribution in [0.4, 0.5) is 0 Å². The largest absolute Gasteiger partial charge is 0.493 e. The minimum absolute atomic E-state index is 0.0280. The average molecular weight is 299 g/mol.